The van der Waals surface area contributed by atoms with Crippen molar-refractivity contribution in [1.29, 1.82) is 0 Å². The summed E-state index contributed by atoms with van der Waals surface area (Å²) in [7, 11) is -4.53. The molecule has 0 unspecified atom stereocenters. The van der Waals surface area contributed by atoms with Crippen LogP contribution < -0.4 is 0 Å². The van der Waals surface area contributed by atoms with Gasteiger partial charge >= 0.3 is 6.18 Å². The van der Waals surface area contributed by atoms with E-state index in [0.717, 1.165) is 6.07 Å². The third-order valence-corrected chi connectivity index (χ3v) is 5.14. The molecule has 114 valence electrons. The third kappa shape index (κ3) is 3.92. The Kier molecular flexibility index (Phi) is 5.15. The molecule has 0 aliphatic heterocycles. The molecule has 20 heavy (non-hydrogen) atoms. The Morgan fingerprint density at radius 1 is 1.30 bits per heavy atom. The Morgan fingerprint density at radius 2 is 1.90 bits per heavy atom. The van der Waals surface area contributed by atoms with Crippen molar-refractivity contribution < 1.29 is 26.0 Å². The van der Waals surface area contributed by atoms with Gasteiger partial charge in [0.05, 0.1) is 0 Å². The standard InChI is InChI=1S/C12H15F4NO2S/c1-3-17(8-10-5-4-6-11(13)7-10)20(18,19)9(2)12(14,15)16/h4-7,9H,3,8H2,1-2H3/t9-/m0/s1. The number of halogens is 4. The van der Waals surface area contributed by atoms with Crippen molar-refractivity contribution in [3.8, 4) is 0 Å². The fraction of sp³-hybridized carbons (Fsp3) is 0.500. The van der Waals surface area contributed by atoms with Crippen molar-refractivity contribution in [2.24, 2.45) is 0 Å². The lowest BCUT2D eigenvalue weighted by Gasteiger charge is -2.25. The van der Waals surface area contributed by atoms with Crippen LogP contribution in [-0.2, 0) is 16.6 Å². The van der Waals surface area contributed by atoms with Gasteiger partial charge in [-0.1, -0.05) is 19.1 Å². The van der Waals surface area contributed by atoms with Crippen LogP contribution in [0.1, 0.15) is 19.4 Å². The SMILES string of the molecule is CCN(Cc1cccc(F)c1)S(=O)(=O)[C@@H](C)C(F)(F)F. The highest BCUT2D eigenvalue weighted by Gasteiger charge is 2.47. The van der Waals surface area contributed by atoms with Crippen molar-refractivity contribution in [2.45, 2.75) is 31.8 Å². The lowest BCUT2D eigenvalue weighted by atomic mass is 10.2. The maximum atomic E-state index is 13.0. The highest BCUT2D eigenvalue weighted by molar-refractivity contribution is 7.89. The van der Waals surface area contributed by atoms with Gasteiger partial charge in [-0.25, -0.2) is 12.8 Å². The highest BCUT2D eigenvalue weighted by atomic mass is 32.2. The monoisotopic (exact) mass is 313 g/mol. The van der Waals surface area contributed by atoms with E-state index in [9.17, 15) is 26.0 Å². The molecule has 0 saturated carbocycles. The number of rotatable bonds is 5. The summed E-state index contributed by atoms with van der Waals surface area (Å²) in [6, 6.07) is 5.10. The van der Waals surface area contributed by atoms with E-state index in [0.29, 0.717) is 16.8 Å². The van der Waals surface area contributed by atoms with E-state index in [1.165, 1.54) is 25.1 Å². The maximum Gasteiger partial charge on any atom is 0.406 e. The molecule has 0 radical (unpaired) electrons. The summed E-state index contributed by atoms with van der Waals surface area (Å²) in [5, 5.41) is -2.50. The maximum absolute atomic E-state index is 13.0. The van der Waals surface area contributed by atoms with Crippen molar-refractivity contribution in [2.75, 3.05) is 6.54 Å². The highest BCUT2D eigenvalue weighted by Crippen LogP contribution is 2.28. The smallest absolute Gasteiger partial charge is 0.212 e. The molecular formula is C12H15F4NO2S. The topological polar surface area (TPSA) is 37.4 Å². The molecule has 0 heterocycles. The van der Waals surface area contributed by atoms with Gasteiger partial charge in [-0.05, 0) is 24.6 Å². The molecule has 0 aromatic heterocycles. The van der Waals surface area contributed by atoms with Gasteiger partial charge in [0.15, 0.2) is 5.25 Å². The molecule has 0 saturated heterocycles. The summed E-state index contributed by atoms with van der Waals surface area (Å²) < 4.78 is 75.3. The largest absolute Gasteiger partial charge is 0.406 e. The van der Waals surface area contributed by atoms with E-state index in [1.54, 1.807) is 0 Å². The minimum absolute atomic E-state index is 0.126. The average Bonchev–Trinajstić information content (AvgIpc) is 2.33. The van der Waals surface area contributed by atoms with Crippen LogP contribution in [0, 0.1) is 5.82 Å². The first-order valence-electron chi connectivity index (χ1n) is 5.89. The lowest BCUT2D eigenvalue weighted by molar-refractivity contribution is -0.127. The van der Waals surface area contributed by atoms with E-state index in [4.69, 9.17) is 0 Å². The van der Waals surface area contributed by atoms with Crippen molar-refractivity contribution in [1.82, 2.24) is 4.31 Å². The Hall–Kier alpha value is -1.15. The third-order valence-electron chi connectivity index (χ3n) is 2.87. The second kappa shape index (κ2) is 6.09. The van der Waals surface area contributed by atoms with Crippen molar-refractivity contribution in [3.05, 3.63) is 35.6 Å². The summed E-state index contributed by atoms with van der Waals surface area (Å²) in [5.41, 5.74) is 0.296. The van der Waals surface area contributed by atoms with Gasteiger partial charge in [0.1, 0.15) is 5.82 Å². The van der Waals surface area contributed by atoms with Gasteiger partial charge in [-0.2, -0.15) is 17.5 Å². The van der Waals surface area contributed by atoms with Crippen LogP contribution in [0.15, 0.2) is 24.3 Å². The van der Waals surface area contributed by atoms with E-state index in [-0.39, 0.29) is 13.1 Å². The Labute approximate surface area is 115 Å². The molecule has 0 amide bonds. The van der Waals surface area contributed by atoms with Crippen LogP contribution >= 0.6 is 0 Å². The van der Waals surface area contributed by atoms with Gasteiger partial charge in [-0.15, -0.1) is 0 Å². The van der Waals surface area contributed by atoms with Gasteiger partial charge in [0, 0.05) is 13.1 Å². The van der Waals surface area contributed by atoms with E-state index in [1.807, 2.05) is 0 Å². The molecule has 0 aliphatic rings. The minimum atomic E-state index is -4.84. The summed E-state index contributed by atoms with van der Waals surface area (Å²) >= 11 is 0. The first-order chi connectivity index (χ1) is 9.09. The predicted octanol–water partition coefficient (Wildman–Crippen LogP) is 2.93. The molecule has 1 atom stereocenters. The summed E-state index contributed by atoms with van der Waals surface area (Å²) in [5.74, 6) is -0.570. The zero-order chi connectivity index (χ0) is 15.6. The number of hydrogen-bond donors (Lipinski definition) is 0. The van der Waals surface area contributed by atoms with Crippen LogP contribution in [0.3, 0.4) is 0 Å². The van der Waals surface area contributed by atoms with Gasteiger partial charge in [-0.3, -0.25) is 0 Å². The second-order valence-electron chi connectivity index (χ2n) is 4.28. The molecule has 8 heteroatoms. The molecule has 0 N–H and O–H groups in total. The van der Waals surface area contributed by atoms with Crippen LogP contribution in [-0.4, -0.2) is 30.7 Å². The van der Waals surface area contributed by atoms with Crippen LogP contribution in [0.25, 0.3) is 0 Å². The minimum Gasteiger partial charge on any atom is -0.212 e. The second-order valence-corrected chi connectivity index (χ2v) is 6.54. The number of hydrogen-bond acceptors (Lipinski definition) is 2. The fourth-order valence-corrected chi connectivity index (χ4v) is 3.09. The van der Waals surface area contributed by atoms with E-state index in [2.05, 4.69) is 0 Å². The van der Waals surface area contributed by atoms with Crippen LogP contribution in [0.2, 0.25) is 0 Å². The molecule has 0 fully saturated rings. The van der Waals surface area contributed by atoms with Gasteiger partial charge in [0.2, 0.25) is 10.0 Å². The average molecular weight is 313 g/mol. The molecule has 1 aromatic rings. The van der Waals surface area contributed by atoms with Crippen LogP contribution in [0.5, 0.6) is 0 Å². The Morgan fingerprint density at radius 3 is 2.35 bits per heavy atom. The summed E-state index contributed by atoms with van der Waals surface area (Å²) in [6.07, 6.45) is -4.84. The van der Waals surface area contributed by atoms with Crippen molar-refractivity contribution >= 4 is 10.0 Å². The molecule has 0 bridgehead atoms. The molecule has 1 rings (SSSR count). The molecule has 0 spiro atoms. The number of nitrogens with zero attached hydrogens (tertiary/aromatic N) is 1. The summed E-state index contributed by atoms with van der Waals surface area (Å²) in [6.45, 7) is 1.61. The molecule has 0 aliphatic carbocycles. The van der Waals surface area contributed by atoms with E-state index < -0.39 is 27.3 Å². The molecule has 1 aromatic carbocycles. The fourth-order valence-electron chi connectivity index (χ4n) is 1.61. The van der Waals surface area contributed by atoms with E-state index >= 15 is 0 Å². The molecular weight excluding hydrogens is 298 g/mol. The summed E-state index contributed by atoms with van der Waals surface area (Å²) in [4.78, 5) is 0. The van der Waals surface area contributed by atoms with Crippen LogP contribution in [0.4, 0.5) is 17.6 Å². The first-order valence-corrected chi connectivity index (χ1v) is 7.39. The zero-order valence-electron chi connectivity index (χ0n) is 11.0. The van der Waals surface area contributed by atoms with Gasteiger partial charge < -0.3 is 0 Å². The normalized spacial score (nSPS) is 14.6. The number of benzene rings is 1. The molecule has 3 nitrogen and oxygen atoms in total. The zero-order valence-corrected chi connectivity index (χ0v) is 11.8. The quantitative estimate of drug-likeness (QED) is 0.784. The first kappa shape index (κ1) is 16.9. The number of alkyl halides is 3. The van der Waals surface area contributed by atoms with Crippen molar-refractivity contribution in [3.63, 3.8) is 0 Å². The predicted molar refractivity (Wildman–Crippen MR) is 66.9 cm³/mol. The lowest BCUT2D eigenvalue weighted by Crippen LogP contribution is -2.44. The Bertz CT molecular complexity index is 557. The number of sulfonamides is 1. The van der Waals surface area contributed by atoms with Gasteiger partial charge in [0.25, 0.3) is 0 Å². The Balaban J connectivity index is 3.01.